The number of hydrogen-bond donors (Lipinski definition) is 1. The van der Waals surface area contributed by atoms with Gasteiger partial charge in [0.1, 0.15) is 0 Å². The van der Waals surface area contributed by atoms with Crippen LogP contribution in [0.4, 0.5) is 0 Å². The van der Waals surface area contributed by atoms with Crippen LogP contribution in [0.25, 0.3) is 0 Å². The molecule has 2 aliphatic rings. The van der Waals surface area contributed by atoms with Crippen LogP contribution >= 0.6 is 0 Å². The van der Waals surface area contributed by atoms with E-state index in [-0.39, 0.29) is 5.92 Å². The number of rotatable bonds is 2. The Bertz CT molecular complexity index is 203. The van der Waals surface area contributed by atoms with E-state index in [1.54, 1.807) is 0 Å². The summed E-state index contributed by atoms with van der Waals surface area (Å²) < 4.78 is 0. The number of carbonyl (C=O) groups excluding carboxylic acids is 1. The molecule has 2 fully saturated rings. The number of carbonyl (C=O) groups is 1. The molecule has 0 aromatic rings. The van der Waals surface area contributed by atoms with Crippen molar-refractivity contribution in [1.82, 2.24) is 10.2 Å². The molecular formula is C11H20N2O. The van der Waals surface area contributed by atoms with Crippen molar-refractivity contribution in [3.63, 3.8) is 0 Å². The molecule has 3 nitrogen and oxygen atoms in total. The molecule has 1 aliphatic carbocycles. The van der Waals surface area contributed by atoms with Crippen molar-refractivity contribution in [2.75, 3.05) is 26.2 Å². The van der Waals surface area contributed by atoms with Crippen LogP contribution in [0.5, 0.6) is 0 Å². The molecule has 1 N–H and O–H groups in total. The molecule has 1 amide bonds. The van der Waals surface area contributed by atoms with E-state index in [1.165, 1.54) is 19.3 Å². The Morgan fingerprint density at radius 1 is 1.36 bits per heavy atom. The van der Waals surface area contributed by atoms with Crippen LogP contribution in [0, 0.1) is 11.8 Å². The number of hydrogen-bond acceptors (Lipinski definition) is 2. The fraction of sp³-hybridized carbons (Fsp3) is 0.909. The highest BCUT2D eigenvalue weighted by Gasteiger charge is 2.31. The summed E-state index contributed by atoms with van der Waals surface area (Å²) in [5.74, 6) is 1.33. The van der Waals surface area contributed by atoms with Gasteiger partial charge >= 0.3 is 0 Å². The largest absolute Gasteiger partial charge is 0.340 e. The Balaban J connectivity index is 1.85. The molecule has 1 saturated heterocycles. The van der Waals surface area contributed by atoms with Gasteiger partial charge in [0.25, 0.3) is 0 Å². The maximum absolute atomic E-state index is 12.0. The molecule has 1 unspecified atom stereocenters. The summed E-state index contributed by atoms with van der Waals surface area (Å²) in [5, 5.41) is 3.27. The van der Waals surface area contributed by atoms with Gasteiger partial charge in [0, 0.05) is 32.1 Å². The van der Waals surface area contributed by atoms with Crippen LogP contribution in [0.15, 0.2) is 0 Å². The van der Waals surface area contributed by atoms with Gasteiger partial charge in [-0.05, 0) is 18.8 Å². The second kappa shape index (κ2) is 4.30. The lowest BCUT2D eigenvalue weighted by Gasteiger charge is -2.36. The van der Waals surface area contributed by atoms with Crippen molar-refractivity contribution in [3.8, 4) is 0 Å². The third kappa shape index (κ3) is 1.92. The summed E-state index contributed by atoms with van der Waals surface area (Å²) in [6, 6.07) is 0. The zero-order chi connectivity index (χ0) is 9.97. The minimum Gasteiger partial charge on any atom is -0.340 e. The maximum atomic E-state index is 12.0. The highest BCUT2D eigenvalue weighted by atomic mass is 16.2. The van der Waals surface area contributed by atoms with Crippen molar-refractivity contribution in [2.24, 2.45) is 11.8 Å². The summed E-state index contributed by atoms with van der Waals surface area (Å²) in [4.78, 5) is 14.1. The second-order valence-electron chi connectivity index (χ2n) is 4.55. The van der Waals surface area contributed by atoms with E-state index >= 15 is 0 Å². The first kappa shape index (κ1) is 9.97. The second-order valence-corrected chi connectivity index (χ2v) is 4.55. The minimum absolute atomic E-state index is 0.266. The molecule has 80 valence electrons. The lowest BCUT2D eigenvalue weighted by atomic mass is 9.76. The first-order chi connectivity index (χ1) is 6.79. The first-order valence-corrected chi connectivity index (χ1v) is 5.78. The molecule has 2 rings (SSSR count). The van der Waals surface area contributed by atoms with E-state index in [0.717, 1.165) is 26.2 Å². The topological polar surface area (TPSA) is 32.3 Å². The van der Waals surface area contributed by atoms with E-state index in [4.69, 9.17) is 0 Å². The summed E-state index contributed by atoms with van der Waals surface area (Å²) in [6.45, 7) is 5.83. The molecule has 1 saturated carbocycles. The van der Waals surface area contributed by atoms with Crippen LogP contribution in [0.2, 0.25) is 0 Å². The third-order valence-electron chi connectivity index (χ3n) is 3.68. The minimum atomic E-state index is 0.266. The van der Waals surface area contributed by atoms with E-state index in [1.807, 2.05) is 4.90 Å². The summed E-state index contributed by atoms with van der Waals surface area (Å²) >= 11 is 0. The molecule has 0 radical (unpaired) electrons. The molecule has 3 heteroatoms. The SMILES string of the molecule is CC(C(=O)N1CCNCC1)C1CCC1. The molecule has 14 heavy (non-hydrogen) atoms. The monoisotopic (exact) mass is 196 g/mol. The van der Waals surface area contributed by atoms with Crippen molar-refractivity contribution in [1.29, 1.82) is 0 Å². The zero-order valence-corrected chi connectivity index (χ0v) is 8.96. The summed E-state index contributed by atoms with van der Waals surface area (Å²) in [5.41, 5.74) is 0. The van der Waals surface area contributed by atoms with Gasteiger partial charge in [-0.1, -0.05) is 13.3 Å². The molecular weight excluding hydrogens is 176 g/mol. The Morgan fingerprint density at radius 2 is 2.00 bits per heavy atom. The Kier molecular flexibility index (Phi) is 3.06. The van der Waals surface area contributed by atoms with Crippen LogP contribution in [-0.2, 0) is 4.79 Å². The van der Waals surface area contributed by atoms with Gasteiger partial charge in [-0.25, -0.2) is 0 Å². The van der Waals surface area contributed by atoms with Crippen molar-refractivity contribution in [3.05, 3.63) is 0 Å². The molecule has 0 bridgehead atoms. The average Bonchev–Trinajstić information content (AvgIpc) is 2.15. The molecule has 1 aliphatic heterocycles. The van der Waals surface area contributed by atoms with Crippen molar-refractivity contribution >= 4 is 5.91 Å². The van der Waals surface area contributed by atoms with Crippen molar-refractivity contribution < 1.29 is 4.79 Å². The van der Waals surface area contributed by atoms with E-state index in [2.05, 4.69) is 12.2 Å². The molecule has 0 aromatic carbocycles. The van der Waals surface area contributed by atoms with Gasteiger partial charge in [-0.2, -0.15) is 0 Å². The fourth-order valence-corrected chi connectivity index (χ4v) is 2.31. The van der Waals surface area contributed by atoms with Crippen molar-refractivity contribution in [2.45, 2.75) is 26.2 Å². The van der Waals surface area contributed by atoms with Crippen LogP contribution in [0.1, 0.15) is 26.2 Å². The normalized spacial score (nSPS) is 25.6. The fourth-order valence-electron chi connectivity index (χ4n) is 2.31. The molecule has 1 heterocycles. The van der Waals surface area contributed by atoms with E-state index < -0.39 is 0 Å². The summed E-state index contributed by atoms with van der Waals surface area (Å²) in [7, 11) is 0. The number of nitrogens with zero attached hydrogens (tertiary/aromatic N) is 1. The standard InChI is InChI=1S/C11H20N2O/c1-9(10-3-2-4-10)11(14)13-7-5-12-6-8-13/h9-10,12H,2-8H2,1H3. The highest BCUT2D eigenvalue weighted by Crippen LogP contribution is 2.34. The predicted molar refractivity (Wildman–Crippen MR) is 56.0 cm³/mol. The number of piperazine rings is 1. The number of amides is 1. The number of nitrogens with one attached hydrogen (secondary N) is 1. The summed E-state index contributed by atoms with van der Waals surface area (Å²) in [6.07, 6.45) is 3.85. The molecule has 1 atom stereocenters. The van der Waals surface area contributed by atoms with Gasteiger partial charge in [0.2, 0.25) is 5.91 Å². The molecule has 0 aromatic heterocycles. The van der Waals surface area contributed by atoms with Crippen LogP contribution < -0.4 is 5.32 Å². The Labute approximate surface area is 85.8 Å². The van der Waals surface area contributed by atoms with Gasteiger partial charge in [-0.3, -0.25) is 4.79 Å². The Morgan fingerprint density at radius 3 is 2.50 bits per heavy atom. The predicted octanol–water partition coefficient (Wildman–Crippen LogP) is 0.854. The smallest absolute Gasteiger partial charge is 0.225 e. The van der Waals surface area contributed by atoms with Gasteiger partial charge < -0.3 is 10.2 Å². The third-order valence-corrected chi connectivity index (χ3v) is 3.68. The van der Waals surface area contributed by atoms with Gasteiger partial charge in [0.15, 0.2) is 0 Å². The maximum Gasteiger partial charge on any atom is 0.225 e. The Hall–Kier alpha value is -0.570. The van der Waals surface area contributed by atoms with Gasteiger partial charge in [0.05, 0.1) is 0 Å². The lowest BCUT2D eigenvalue weighted by molar-refractivity contribution is -0.138. The van der Waals surface area contributed by atoms with Gasteiger partial charge in [-0.15, -0.1) is 0 Å². The average molecular weight is 196 g/mol. The highest BCUT2D eigenvalue weighted by molar-refractivity contribution is 5.79. The lowest BCUT2D eigenvalue weighted by Crippen LogP contribution is -2.49. The first-order valence-electron chi connectivity index (χ1n) is 5.78. The van der Waals surface area contributed by atoms with E-state index in [0.29, 0.717) is 11.8 Å². The quantitative estimate of drug-likeness (QED) is 0.710. The molecule has 0 spiro atoms. The van der Waals surface area contributed by atoms with E-state index in [9.17, 15) is 4.79 Å². The van der Waals surface area contributed by atoms with Crippen LogP contribution in [-0.4, -0.2) is 37.0 Å². The van der Waals surface area contributed by atoms with Crippen LogP contribution in [0.3, 0.4) is 0 Å². The zero-order valence-electron chi connectivity index (χ0n) is 8.96.